The first kappa shape index (κ1) is 13.9. The molecule has 0 saturated heterocycles. The Hall–Kier alpha value is -0.530. The van der Waals surface area contributed by atoms with Crippen LogP contribution in [-0.4, -0.2) is 0 Å². The maximum Gasteiger partial charge on any atom is 0.0453 e. The van der Waals surface area contributed by atoms with Crippen molar-refractivity contribution in [3.05, 3.63) is 34.9 Å². The molecule has 1 atom stereocenters. The topological polar surface area (TPSA) is 26.0 Å². The van der Waals surface area contributed by atoms with E-state index in [1.807, 2.05) is 18.2 Å². The average molecular weight is 266 g/mol. The van der Waals surface area contributed by atoms with Crippen LogP contribution in [0.5, 0.6) is 0 Å². The fourth-order valence-electron chi connectivity index (χ4n) is 3.24. The number of rotatable bonds is 4. The van der Waals surface area contributed by atoms with Gasteiger partial charge in [-0.05, 0) is 36.3 Å². The van der Waals surface area contributed by atoms with Crippen molar-refractivity contribution in [1.29, 1.82) is 0 Å². The van der Waals surface area contributed by atoms with Gasteiger partial charge in [0.05, 0.1) is 0 Å². The molecule has 2 heteroatoms. The molecule has 0 radical (unpaired) electrons. The molecule has 2 N–H and O–H groups in total. The zero-order valence-corrected chi connectivity index (χ0v) is 12.0. The smallest absolute Gasteiger partial charge is 0.0453 e. The van der Waals surface area contributed by atoms with Gasteiger partial charge in [0, 0.05) is 11.1 Å². The summed E-state index contributed by atoms with van der Waals surface area (Å²) in [7, 11) is 0. The van der Waals surface area contributed by atoms with Gasteiger partial charge in [0.25, 0.3) is 0 Å². The van der Waals surface area contributed by atoms with Crippen molar-refractivity contribution in [1.82, 2.24) is 0 Å². The molecule has 2 rings (SSSR count). The van der Waals surface area contributed by atoms with Crippen molar-refractivity contribution in [2.45, 2.75) is 51.5 Å². The van der Waals surface area contributed by atoms with E-state index in [4.69, 9.17) is 17.3 Å². The van der Waals surface area contributed by atoms with Crippen molar-refractivity contribution in [3.63, 3.8) is 0 Å². The Morgan fingerprint density at radius 2 is 1.89 bits per heavy atom. The monoisotopic (exact) mass is 265 g/mol. The molecule has 1 unspecified atom stereocenters. The van der Waals surface area contributed by atoms with Crippen molar-refractivity contribution in [2.75, 3.05) is 0 Å². The standard InChI is InChI=1S/C16H24ClN/c1-2-5-12-8-10-13(11-9-12)16(18)14-6-3-4-7-15(14)17/h3-4,6-7,12-13,16H,2,5,8-11,18H2,1H3. The van der Waals surface area contributed by atoms with E-state index in [0.29, 0.717) is 5.92 Å². The van der Waals surface area contributed by atoms with Gasteiger partial charge in [-0.2, -0.15) is 0 Å². The summed E-state index contributed by atoms with van der Waals surface area (Å²) < 4.78 is 0. The minimum absolute atomic E-state index is 0.112. The van der Waals surface area contributed by atoms with Crippen LogP contribution in [0, 0.1) is 11.8 Å². The van der Waals surface area contributed by atoms with E-state index >= 15 is 0 Å². The maximum atomic E-state index is 6.41. The molecular formula is C16H24ClN. The third-order valence-corrected chi connectivity index (χ3v) is 4.70. The van der Waals surface area contributed by atoms with Crippen LogP contribution in [0.2, 0.25) is 5.02 Å². The summed E-state index contributed by atoms with van der Waals surface area (Å²) in [6.07, 6.45) is 7.90. The summed E-state index contributed by atoms with van der Waals surface area (Å²) in [5, 5.41) is 0.820. The molecule has 1 nitrogen and oxygen atoms in total. The molecule has 1 fully saturated rings. The zero-order valence-electron chi connectivity index (χ0n) is 11.2. The molecule has 18 heavy (non-hydrogen) atoms. The first-order valence-electron chi connectivity index (χ1n) is 7.22. The largest absolute Gasteiger partial charge is 0.324 e. The lowest BCUT2D eigenvalue weighted by molar-refractivity contribution is 0.234. The van der Waals surface area contributed by atoms with E-state index in [-0.39, 0.29) is 6.04 Å². The van der Waals surface area contributed by atoms with Gasteiger partial charge >= 0.3 is 0 Å². The predicted octanol–water partition coefficient (Wildman–Crippen LogP) is 4.95. The lowest BCUT2D eigenvalue weighted by atomic mass is 9.76. The van der Waals surface area contributed by atoms with E-state index in [2.05, 4.69) is 13.0 Å². The SMILES string of the molecule is CCCC1CCC(C(N)c2ccccc2Cl)CC1. The highest BCUT2D eigenvalue weighted by molar-refractivity contribution is 6.31. The van der Waals surface area contributed by atoms with Crippen molar-refractivity contribution >= 4 is 11.6 Å². The van der Waals surface area contributed by atoms with Crippen LogP contribution in [0.1, 0.15) is 57.1 Å². The Balaban J connectivity index is 1.95. The molecule has 1 saturated carbocycles. The van der Waals surface area contributed by atoms with E-state index in [1.54, 1.807) is 0 Å². The number of hydrogen-bond acceptors (Lipinski definition) is 1. The molecule has 1 aliphatic carbocycles. The molecular weight excluding hydrogens is 242 g/mol. The molecule has 100 valence electrons. The Labute approximate surface area is 116 Å². The fraction of sp³-hybridized carbons (Fsp3) is 0.625. The number of benzene rings is 1. The van der Waals surface area contributed by atoms with Gasteiger partial charge in [0.2, 0.25) is 0 Å². The molecule has 0 heterocycles. The van der Waals surface area contributed by atoms with Crippen LogP contribution >= 0.6 is 11.6 Å². The minimum Gasteiger partial charge on any atom is -0.324 e. The third-order valence-electron chi connectivity index (χ3n) is 4.36. The molecule has 0 amide bonds. The molecule has 1 aromatic carbocycles. The number of nitrogens with two attached hydrogens (primary N) is 1. The quantitative estimate of drug-likeness (QED) is 0.819. The Morgan fingerprint density at radius 1 is 1.22 bits per heavy atom. The van der Waals surface area contributed by atoms with Gasteiger partial charge in [-0.25, -0.2) is 0 Å². The summed E-state index contributed by atoms with van der Waals surface area (Å²) >= 11 is 6.24. The highest BCUT2D eigenvalue weighted by Gasteiger charge is 2.26. The summed E-state index contributed by atoms with van der Waals surface area (Å²) in [6.45, 7) is 2.28. The number of hydrogen-bond donors (Lipinski definition) is 1. The predicted molar refractivity (Wildman–Crippen MR) is 78.7 cm³/mol. The molecule has 0 aromatic heterocycles. The molecule has 0 bridgehead atoms. The lowest BCUT2D eigenvalue weighted by Gasteiger charge is -2.32. The zero-order chi connectivity index (χ0) is 13.0. The van der Waals surface area contributed by atoms with Crippen LogP contribution in [0.15, 0.2) is 24.3 Å². The van der Waals surface area contributed by atoms with Gasteiger partial charge in [0.1, 0.15) is 0 Å². The van der Waals surface area contributed by atoms with Crippen LogP contribution in [-0.2, 0) is 0 Å². The van der Waals surface area contributed by atoms with Crippen molar-refractivity contribution in [3.8, 4) is 0 Å². The van der Waals surface area contributed by atoms with Gasteiger partial charge < -0.3 is 5.73 Å². The lowest BCUT2D eigenvalue weighted by Crippen LogP contribution is -2.26. The molecule has 0 spiro atoms. The highest BCUT2D eigenvalue weighted by Crippen LogP contribution is 2.38. The minimum atomic E-state index is 0.112. The number of halogens is 1. The average Bonchev–Trinajstić information content (AvgIpc) is 2.40. The van der Waals surface area contributed by atoms with E-state index < -0.39 is 0 Å². The second-order valence-electron chi connectivity index (χ2n) is 5.62. The summed E-state index contributed by atoms with van der Waals surface area (Å²) in [6, 6.07) is 8.13. The normalized spacial score (nSPS) is 25.9. The first-order valence-corrected chi connectivity index (χ1v) is 7.60. The highest BCUT2D eigenvalue weighted by atomic mass is 35.5. The van der Waals surface area contributed by atoms with Gasteiger partial charge in [-0.1, -0.05) is 62.4 Å². The Morgan fingerprint density at radius 3 is 2.50 bits per heavy atom. The van der Waals surface area contributed by atoms with Crippen molar-refractivity contribution < 1.29 is 0 Å². The third kappa shape index (κ3) is 3.27. The molecule has 1 aromatic rings. The summed E-state index contributed by atoms with van der Waals surface area (Å²) in [5.41, 5.74) is 7.53. The maximum absolute atomic E-state index is 6.41. The summed E-state index contributed by atoms with van der Waals surface area (Å²) in [4.78, 5) is 0. The molecule has 1 aliphatic rings. The Kier molecular flexibility index (Phi) is 5.08. The van der Waals surface area contributed by atoms with Crippen molar-refractivity contribution in [2.24, 2.45) is 17.6 Å². The fourth-order valence-corrected chi connectivity index (χ4v) is 3.51. The van der Waals surface area contributed by atoms with Crippen LogP contribution in [0.25, 0.3) is 0 Å². The first-order chi connectivity index (χ1) is 8.72. The summed E-state index contributed by atoms with van der Waals surface area (Å²) in [5.74, 6) is 1.54. The Bertz CT molecular complexity index is 369. The van der Waals surface area contributed by atoms with Gasteiger partial charge in [-0.3, -0.25) is 0 Å². The van der Waals surface area contributed by atoms with E-state index in [9.17, 15) is 0 Å². The van der Waals surface area contributed by atoms with E-state index in [0.717, 1.165) is 16.5 Å². The molecule has 0 aliphatic heterocycles. The van der Waals surface area contributed by atoms with E-state index in [1.165, 1.54) is 38.5 Å². The van der Waals surface area contributed by atoms with Crippen LogP contribution in [0.3, 0.4) is 0 Å². The van der Waals surface area contributed by atoms with Crippen LogP contribution < -0.4 is 5.73 Å². The second-order valence-corrected chi connectivity index (χ2v) is 6.02. The van der Waals surface area contributed by atoms with Crippen LogP contribution in [0.4, 0.5) is 0 Å². The second kappa shape index (κ2) is 6.58. The van der Waals surface area contributed by atoms with Gasteiger partial charge in [-0.15, -0.1) is 0 Å². The van der Waals surface area contributed by atoms with Gasteiger partial charge in [0.15, 0.2) is 0 Å².